The van der Waals surface area contributed by atoms with E-state index >= 15 is 0 Å². The summed E-state index contributed by atoms with van der Waals surface area (Å²) < 4.78 is 61.6. The number of carbonyl (C=O) groups excluding carboxylic acids is 1. The van der Waals surface area contributed by atoms with Crippen molar-refractivity contribution in [2.24, 2.45) is 17.6 Å². The Morgan fingerprint density at radius 1 is 1.16 bits per heavy atom. The fourth-order valence-electron chi connectivity index (χ4n) is 7.04. The molecule has 1 unspecified atom stereocenters. The highest BCUT2D eigenvalue weighted by molar-refractivity contribution is 7.92. The Morgan fingerprint density at radius 3 is 2.59 bits per heavy atom. The molecule has 0 spiro atoms. The number of nitrogens with two attached hydrogens (primary N) is 1. The summed E-state index contributed by atoms with van der Waals surface area (Å²) in [6, 6.07) is 8.31. The number of pyridine rings is 2. The van der Waals surface area contributed by atoms with Crippen LogP contribution in [-0.2, 0) is 16.6 Å². The number of sulfonamides is 1. The monoisotopic (exact) mass is 627 g/mol. The quantitative estimate of drug-likeness (QED) is 0.292. The van der Waals surface area contributed by atoms with Gasteiger partial charge in [0.1, 0.15) is 22.8 Å². The number of rotatable bonds is 8. The third-order valence-electron chi connectivity index (χ3n) is 9.40. The van der Waals surface area contributed by atoms with Crippen molar-refractivity contribution >= 4 is 38.4 Å². The zero-order valence-corrected chi connectivity index (χ0v) is 25.6. The number of hydrogen-bond donors (Lipinski definition) is 1. The molecule has 3 fully saturated rings. The number of methoxy groups -OCH3 is 1. The van der Waals surface area contributed by atoms with Crippen LogP contribution in [0.4, 0.5) is 14.6 Å². The molecule has 2 bridgehead atoms. The van der Waals surface area contributed by atoms with Gasteiger partial charge in [0.15, 0.2) is 5.88 Å². The first-order valence-electron chi connectivity index (χ1n) is 14.9. The average Bonchev–Trinajstić information content (AvgIpc) is 3.62. The van der Waals surface area contributed by atoms with Crippen LogP contribution in [0.2, 0.25) is 0 Å². The third-order valence-corrected chi connectivity index (χ3v) is 10.5. The van der Waals surface area contributed by atoms with E-state index in [9.17, 15) is 22.0 Å². The molecule has 3 atom stereocenters. The Morgan fingerprint density at radius 2 is 1.93 bits per heavy atom. The summed E-state index contributed by atoms with van der Waals surface area (Å²) in [6.45, 7) is -0.144. The zero-order valence-electron chi connectivity index (χ0n) is 24.8. The number of aromatic nitrogens is 4. The predicted molar refractivity (Wildman–Crippen MR) is 161 cm³/mol. The normalized spacial score (nSPS) is 22.0. The maximum atomic E-state index is 13.8. The third kappa shape index (κ3) is 4.69. The number of alkyl halides is 2. The molecular weight excluding hydrogens is 592 g/mol. The van der Waals surface area contributed by atoms with Gasteiger partial charge in [0, 0.05) is 42.2 Å². The summed E-state index contributed by atoms with van der Waals surface area (Å²) in [6.07, 6.45) is 5.78. The maximum absolute atomic E-state index is 13.8. The molecule has 1 saturated heterocycles. The maximum Gasteiger partial charge on any atom is 0.329 e. The van der Waals surface area contributed by atoms with Crippen LogP contribution >= 0.6 is 0 Å². The van der Waals surface area contributed by atoms with E-state index in [0.29, 0.717) is 58.7 Å². The van der Waals surface area contributed by atoms with E-state index in [0.717, 1.165) is 49.7 Å². The molecule has 1 amide bonds. The van der Waals surface area contributed by atoms with Crippen LogP contribution in [0.15, 0.2) is 30.3 Å². The van der Waals surface area contributed by atoms with Crippen molar-refractivity contribution in [3.63, 3.8) is 0 Å². The van der Waals surface area contributed by atoms with Gasteiger partial charge in [0.25, 0.3) is 5.91 Å². The van der Waals surface area contributed by atoms with Crippen molar-refractivity contribution in [3.8, 4) is 17.3 Å². The molecule has 234 valence electrons. The largest absolute Gasteiger partial charge is 0.482 e. The minimum absolute atomic E-state index is 0.00804. The van der Waals surface area contributed by atoms with Crippen LogP contribution in [0.1, 0.15) is 48.2 Å². The SMILES string of the molecule is COc1cc(C(=O)N2C[C@H]3CCC[C@@H]2C3N)cc2nc(-c3cc4ccc(N(C(F)F)S(C)(=O)=O)nc4n3CC3CC3)c(C)n12. The summed E-state index contributed by atoms with van der Waals surface area (Å²) in [5, 5.41) is 0.669. The summed E-state index contributed by atoms with van der Waals surface area (Å²) >= 11 is 0. The van der Waals surface area contributed by atoms with Gasteiger partial charge < -0.3 is 19.9 Å². The number of nitrogens with zero attached hydrogens (tertiary/aromatic N) is 6. The van der Waals surface area contributed by atoms with Gasteiger partial charge in [-0.25, -0.2) is 18.4 Å². The van der Waals surface area contributed by atoms with E-state index < -0.39 is 16.6 Å². The molecule has 44 heavy (non-hydrogen) atoms. The van der Waals surface area contributed by atoms with Gasteiger partial charge in [0.05, 0.1) is 24.8 Å². The van der Waals surface area contributed by atoms with Gasteiger partial charge in [-0.1, -0.05) is 6.42 Å². The minimum Gasteiger partial charge on any atom is -0.482 e. The summed E-state index contributed by atoms with van der Waals surface area (Å²) in [7, 11) is -2.72. The summed E-state index contributed by atoms with van der Waals surface area (Å²) in [5.74, 6) is 0.723. The second-order valence-corrected chi connectivity index (χ2v) is 14.2. The first-order valence-corrected chi connectivity index (χ1v) is 16.7. The van der Waals surface area contributed by atoms with Crippen LogP contribution < -0.4 is 14.8 Å². The van der Waals surface area contributed by atoms with Crippen LogP contribution in [-0.4, -0.2) is 76.7 Å². The van der Waals surface area contributed by atoms with Crippen molar-refractivity contribution in [2.45, 2.75) is 64.2 Å². The fraction of sp³-hybridized carbons (Fsp3) is 0.500. The average molecular weight is 628 g/mol. The molecule has 2 aliphatic carbocycles. The van der Waals surface area contributed by atoms with Crippen LogP contribution in [0.25, 0.3) is 28.1 Å². The van der Waals surface area contributed by atoms with E-state index in [4.69, 9.17) is 15.5 Å². The molecule has 2 N–H and O–H groups in total. The molecule has 0 aromatic carbocycles. The van der Waals surface area contributed by atoms with Crippen molar-refractivity contribution < 1.29 is 26.7 Å². The minimum atomic E-state index is -4.27. The van der Waals surface area contributed by atoms with E-state index in [1.54, 1.807) is 25.3 Å². The number of fused-ring (bicyclic) bond motifs is 4. The molecule has 5 heterocycles. The van der Waals surface area contributed by atoms with Gasteiger partial charge in [-0.15, -0.1) is 0 Å². The van der Waals surface area contributed by atoms with Gasteiger partial charge in [-0.3, -0.25) is 9.20 Å². The van der Waals surface area contributed by atoms with E-state index in [-0.39, 0.29) is 28.1 Å². The molecule has 2 saturated carbocycles. The molecule has 14 heteroatoms. The highest BCUT2D eigenvalue weighted by Crippen LogP contribution is 2.39. The molecule has 1 aliphatic heterocycles. The number of carbonyl (C=O) groups is 1. The van der Waals surface area contributed by atoms with Crippen LogP contribution in [0, 0.1) is 18.8 Å². The van der Waals surface area contributed by atoms with Gasteiger partial charge in [-0.05, 0) is 68.7 Å². The number of hydrogen-bond acceptors (Lipinski definition) is 7. The summed E-state index contributed by atoms with van der Waals surface area (Å²) in [5.41, 5.74) is 9.97. The Kier molecular flexibility index (Phi) is 6.85. The lowest BCUT2D eigenvalue weighted by Crippen LogP contribution is -2.44. The predicted octanol–water partition coefficient (Wildman–Crippen LogP) is 4.02. The molecular formula is C30H35F2N7O4S. The van der Waals surface area contributed by atoms with Crippen molar-refractivity contribution in [2.75, 3.05) is 24.2 Å². The van der Waals surface area contributed by atoms with Crippen LogP contribution in [0.3, 0.4) is 0 Å². The Bertz CT molecular complexity index is 1900. The topological polar surface area (TPSA) is 128 Å². The zero-order chi connectivity index (χ0) is 31.1. The number of halogens is 2. The second-order valence-electron chi connectivity index (χ2n) is 12.3. The number of likely N-dealkylation sites (tertiary alicyclic amines) is 1. The number of amides is 1. The Hall–Kier alpha value is -3.78. The number of ether oxygens (including phenoxy) is 1. The van der Waals surface area contributed by atoms with Crippen molar-refractivity contribution in [1.29, 1.82) is 0 Å². The smallest absolute Gasteiger partial charge is 0.329 e. The lowest BCUT2D eigenvalue weighted by molar-refractivity contribution is 0.0726. The molecule has 0 radical (unpaired) electrons. The highest BCUT2D eigenvalue weighted by atomic mass is 32.2. The van der Waals surface area contributed by atoms with Gasteiger partial charge in [-0.2, -0.15) is 13.1 Å². The fourth-order valence-corrected chi connectivity index (χ4v) is 7.77. The lowest BCUT2D eigenvalue weighted by atomic mass is 9.86. The molecule has 11 nitrogen and oxygen atoms in total. The summed E-state index contributed by atoms with van der Waals surface area (Å²) in [4.78, 5) is 25.1. The van der Waals surface area contributed by atoms with Gasteiger partial charge >= 0.3 is 6.55 Å². The lowest BCUT2D eigenvalue weighted by Gasteiger charge is -2.29. The highest BCUT2D eigenvalue weighted by Gasteiger charge is 2.44. The molecule has 4 aromatic rings. The van der Waals surface area contributed by atoms with Crippen molar-refractivity contribution in [3.05, 3.63) is 41.6 Å². The van der Waals surface area contributed by atoms with E-state index in [1.165, 1.54) is 6.07 Å². The molecule has 4 aromatic heterocycles. The van der Waals surface area contributed by atoms with Gasteiger partial charge in [0.2, 0.25) is 10.0 Å². The molecule has 7 rings (SSSR count). The van der Waals surface area contributed by atoms with E-state index in [1.807, 2.05) is 26.9 Å². The number of anilines is 1. The van der Waals surface area contributed by atoms with Crippen LogP contribution in [0.5, 0.6) is 5.88 Å². The van der Waals surface area contributed by atoms with E-state index in [2.05, 4.69) is 4.98 Å². The number of imidazole rings is 1. The molecule has 3 aliphatic rings. The standard InChI is InChI=1S/C30H35F2N7O4S/c1-16-27(22-11-18-9-10-23(39(30(31)32)44(3,41)42)35-28(18)36(22)14-17-7-8-17)34-24-12-20(13-25(43-2)38(16)24)29(40)37-15-19-5-4-6-21(37)26(19)33/h9-13,17,19,21,26,30H,4-8,14-15,33H2,1-3H3/t19-,21-,26?/m1/s1. The van der Waals surface area contributed by atoms with Crippen molar-refractivity contribution in [1.82, 2.24) is 23.8 Å². The first-order chi connectivity index (χ1) is 21.0. The number of aryl methyl sites for hydroxylation is 1. The Balaban J connectivity index is 1.34. The Labute approximate surface area is 253 Å². The second kappa shape index (κ2) is 10.4. The first kappa shape index (κ1) is 29.0.